The second kappa shape index (κ2) is 7.07. The molecule has 1 heterocycles. The number of H-pyrrole nitrogens is 1. The van der Waals surface area contributed by atoms with Crippen LogP contribution in [-0.2, 0) is 4.79 Å². The third-order valence-corrected chi connectivity index (χ3v) is 2.99. The number of aromatic amines is 1. The van der Waals surface area contributed by atoms with Crippen molar-refractivity contribution in [3.8, 4) is 11.3 Å². The summed E-state index contributed by atoms with van der Waals surface area (Å²) in [4.78, 5) is 11.8. The van der Waals surface area contributed by atoms with Crippen LogP contribution in [0, 0.1) is 5.92 Å². The van der Waals surface area contributed by atoms with E-state index in [1.807, 2.05) is 44.2 Å². The number of anilines is 1. The van der Waals surface area contributed by atoms with E-state index in [9.17, 15) is 4.79 Å². The maximum Gasteiger partial charge on any atom is 0.241 e. The molecule has 1 aromatic heterocycles. The quantitative estimate of drug-likeness (QED) is 0.809. The van der Waals surface area contributed by atoms with Crippen LogP contribution in [0.2, 0.25) is 0 Å². The van der Waals surface area contributed by atoms with E-state index < -0.39 is 6.04 Å². The summed E-state index contributed by atoms with van der Waals surface area (Å²) in [5.74, 6) is -0.0476. The molecule has 6 heteroatoms. The van der Waals surface area contributed by atoms with E-state index in [4.69, 9.17) is 5.73 Å². The molecule has 0 radical (unpaired) electrons. The van der Waals surface area contributed by atoms with Crippen LogP contribution in [0.3, 0.4) is 0 Å². The number of benzene rings is 1. The maximum atomic E-state index is 11.8. The summed E-state index contributed by atoms with van der Waals surface area (Å²) in [5.41, 5.74) is 8.49. The standard InChI is InChI=1S/C14H18N4O.ClH/c1-9(2)13(15)14(19)17-11-5-3-10(4-6-11)12-7-8-16-18-12;/h3-9,13H,15H2,1-2H3,(H,16,18)(H,17,19);1H. The van der Waals surface area contributed by atoms with Crippen molar-refractivity contribution in [2.24, 2.45) is 11.7 Å². The van der Waals surface area contributed by atoms with Crippen LogP contribution < -0.4 is 11.1 Å². The largest absolute Gasteiger partial charge is 0.325 e. The first-order valence-electron chi connectivity index (χ1n) is 6.24. The minimum Gasteiger partial charge on any atom is -0.325 e. The first-order valence-corrected chi connectivity index (χ1v) is 6.24. The highest BCUT2D eigenvalue weighted by Gasteiger charge is 2.16. The molecule has 1 unspecified atom stereocenters. The summed E-state index contributed by atoms with van der Waals surface area (Å²) >= 11 is 0. The molecule has 0 saturated heterocycles. The zero-order valence-electron chi connectivity index (χ0n) is 11.5. The zero-order chi connectivity index (χ0) is 13.8. The van der Waals surface area contributed by atoms with Crippen molar-refractivity contribution in [1.82, 2.24) is 10.2 Å². The van der Waals surface area contributed by atoms with Crippen LogP contribution in [-0.4, -0.2) is 22.1 Å². The number of nitrogens with one attached hydrogen (secondary N) is 2. The number of hydrogen-bond acceptors (Lipinski definition) is 3. The van der Waals surface area contributed by atoms with Gasteiger partial charge in [-0.25, -0.2) is 0 Å². The van der Waals surface area contributed by atoms with Gasteiger partial charge < -0.3 is 11.1 Å². The summed E-state index contributed by atoms with van der Waals surface area (Å²) < 4.78 is 0. The monoisotopic (exact) mass is 294 g/mol. The molecule has 1 atom stereocenters. The SMILES string of the molecule is CC(C)C(N)C(=O)Nc1ccc(-c2ccn[nH]2)cc1.Cl. The van der Waals surface area contributed by atoms with E-state index >= 15 is 0 Å². The van der Waals surface area contributed by atoms with Crippen molar-refractivity contribution in [2.45, 2.75) is 19.9 Å². The van der Waals surface area contributed by atoms with Gasteiger partial charge in [-0.2, -0.15) is 5.10 Å². The zero-order valence-corrected chi connectivity index (χ0v) is 12.3. The average Bonchev–Trinajstić information content (AvgIpc) is 2.92. The molecule has 0 spiro atoms. The number of amides is 1. The lowest BCUT2D eigenvalue weighted by atomic mass is 10.0. The third-order valence-electron chi connectivity index (χ3n) is 2.99. The highest BCUT2D eigenvalue weighted by Crippen LogP contribution is 2.19. The van der Waals surface area contributed by atoms with Gasteiger partial charge in [0.25, 0.3) is 0 Å². The van der Waals surface area contributed by atoms with Gasteiger partial charge in [-0.15, -0.1) is 12.4 Å². The van der Waals surface area contributed by atoms with Gasteiger partial charge in [0.15, 0.2) is 0 Å². The number of nitrogens with zero attached hydrogens (tertiary/aromatic N) is 1. The van der Waals surface area contributed by atoms with E-state index in [1.54, 1.807) is 6.20 Å². The van der Waals surface area contributed by atoms with Crippen LogP contribution in [0.5, 0.6) is 0 Å². The molecule has 1 aromatic carbocycles. The highest BCUT2D eigenvalue weighted by molar-refractivity contribution is 5.95. The van der Waals surface area contributed by atoms with Crippen molar-refractivity contribution < 1.29 is 4.79 Å². The Bertz CT molecular complexity index is 537. The number of carbonyl (C=O) groups excluding carboxylic acids is 1. The molecule has 1 amide bonds. The number of hydrogen-bond donors (Lipinski definition) is 3. The minimum absolute atomic E-state index is 0. The molecule has 0 bridgehead atoms. The number of nitrogens with two attached hydrogens (primary N) is 1. The lowest BCUT2D eigenvalue weighted by Gasteiger charge is -2.15. The molecule has 20 heavy (non-hydrogen) atoms. The van der Waals surface area contributed by atoms with Gasteiger partial charge in [0.05, 0.1) is 11.7 Å². The fraction of sp³-hybridized carbons (Fsp3) is 0.286. The number of halogens is 1. The first-order chi connectivity index (χ1) is 9.08. The molecule has 5 nitrogen and oxygen atoms in total. The minimum atomic E-state index is -0.493. The fourth-order valence-corrected chi connectivity index (χ4v) is 1.68. The van der Waals surface area contributed by atoms with Crippen molar-refractivity contribution in [3.05, 3.63) is 36.5 Å². The van der Waals surface area contributed by atoms with Gasteiger partial charge in [0.1, 0.15) is 0 Å². The normalized spacial score (nSPS) is 11.8. The number of carbonyl (C=O) groups is 1. The van der Waals surface area contributed by atoms with Crippen LogP contribution in [0.15, 0.2) is 36.5 Å². The molecule has 0 fully saturated rings. The second-order valence-electron chi connectivity index (χ2n) is 4.81. The van der Waals surface area contributed by atoms with E-state index in [2.05, 4.69) is 15.5 Å². The Balaban J connectivity index is 0.00000200. The summed E-state index contributed by atoms with van der Waals surface area (Å²) in [6.07, 6.45) is 1.70. The van der Waals surface area contributed by atoms with Gasteiger partial charge >= 0.3 is 0 Å². The van der Waals surface area contributed by atoms with Gasteiger partial charge in [0.2, 0.25) is 5.91 Å². The summed E-state index contributed by atoms with van der Waals surface area (Å²) in [6, 6.07) is 8.94. The van der Waals surface area contributed by atoms with E-state index in [0.29, 0.717) is 0 Å². The van der Waals surface area contributed by atoms with E-state index in [0.717, 1.165) is 16.9 Å². The fourth-order valence-electron chi connectivity index (χ4n) is 1.68. The smallest absolute Gasteiger partial charge is 0.241 e. The van der Waals surface area contributed by atoms with Gasteiger partial charge in [-0.3, -0.25) is 9.89 Å². The Morgan fingerprint density at radius 1 is 1.25 bits per heavy atom. The Morgan fingerprint density at radius 2 is 1.90 bits per heavy atom. The van der Waals surface area contributed by atoms with Crippen LogP contribution in [0.4, 0.5) is 5.69 Å². The molecule has 2 rings (SSSR count). The predicted molar refractivity (Wildman–Crippen MR) is 82.7 cm³/mol. The lowest BCUT2D eigenvalue weighted by molar-refractivity contribution is -0.118. The molecular formula is C14H19ClN4O. The van der Waals surface area contributed by atoms with Gasteiger partial charge in [-0.1, -0.05) is 26.0 Å². The molecule has 0 aliphatic carbocycles. The molecule has 0 aliphatic heterocycles. The summed E-state index contributed by atoms with van der Waals surface area (Å²) in [6.45, 7) is 3.84. The second-order valence-corrected chi connectivity index (χ2v) is 4.81. The molecule has 0 saturated carbocycles. The number of rotatable bonds is 4. The first kappa shape index (κ1) is 16.2. The molecule has 0 aliphatic rings. The molecule has 108 valence electrons. The van der Waals surface area contributed by atoms with Crippen LogP contribution in [0.1, 0.15) is 13.8 Å². The van der Waals surface area contributed by atoms with Crippen LogP contribution in [0.25, 0.3) is 11.3 Å². The van der Waals surface area contributed by atoms with E-state index in [-0.39, 0.29) is 24.2 Å². The predicted octanol–water partition coefficient (Wildman–Crippen LogP) is 2.42. The Kier molecular flexibility index (Phi) is 5.73. The Morgan fingerprint density at radius 3 is 2.40 bits per heavy atom. The molecule has 2 aromatic rings. The molecule has 4 N–H and O–H groups in total. The van der Waals surface area contributed by atoms with Crippen LogP contribution >= 0.6 is 12.4 Å². The average molecular weight is 295 g/mol. The maximum absolute atomic E-state index is 11.8. The highest BCUT2D eigenvalue weighted by atomic mass is 35.5. The van der Waals surface area contributed by atoms with Crippen molar-refractivity contribution >= 4 is 24.0 Å². The summed E-state index contributed by atoms with van der Waals surface area (Å²) in [5, 5.41) is 9.60. The number of aromatic nitrogens is 2. The van der Waals surface area contributed by atoms with Gasteiger partial charge in [0, 0.05) is 11.9 Å². The van der Waals surface area contributed by atoms with Crippen molar-refractivity contribution in [2.75, 3.05) is 5.32 Å². The topological polar surface area (TPSA) is 83.8 Å². The van der Waals surface area contributed by atoms with Crippen molar-refractivity contribution in [3.63, 3.8) is 0 Å². The van der Waals surface area contributed by atoms with Crippen molar-refractivity contribution in [1.29, 1.82) is 0 Å². The van der Waals surface area contributed by atoms with E-state index in [1.165, 1.54) is 0 Å². The van der Waals surface area contributed by atoms with Gasteiger partial charge in [-0.05, 0) is 29.7 Å². The molecular weight excluding hydrogens is 276 g/mol. The lowest BCUT2D eigenvalue weighted by Crippen LogP contribution is -2.39. The Hall–Kier alpha value is -1.85. The third kappa shape index (κ3) is 3.82. The summed E-state index contributed by atoms with van der Waals surface area (Å²) in [7, 11) is 0. The Labute approximate surface area is 124 Å².